The van der Waals surface area contributed by atoms with Crippen LogP contribution in [0.5, 0.6) is 5.75 Å². The van der Waals surface area contributed by atoms with Crippen molar-refractivity contribution in [2.45, 2.75) is 57.3 Å². The monoisotopic (exact) mass is 379 g/mol. The maximum atomic E-state index is 12.9. The molecule has 3 nitrogen and oxygen atoms in total. The van der Waals surface area contributed by atoms with Gasteiger partial charge in [-0.05, 0) is 43.2 Å². The highest BCUT2D eigenvalue weighted by molar-refractivity contribution is 5.47. The van der Waals surface area contributed by atoms with E-state index < -0.39 is 5.92 Å². The van der Waals surface area contributed by atoms with Crippen LogP contribution in [-0.4, -0.2) is 36.9 Å². The van der Waals surface area contributed by atoms with Crippen LogP contribution in [0.3, 0.4) is 0 Å². The number of halogens is 2. The number of alkyl halides is 2. The van der Waals surface area contributed by atoms with E-state index in [4.69, 9.17) is 4.74 Å². The Hall–Kier alpha value is -1.65. The SMILES string of the molecule is FC1(F)CC2CCCC(C2)C1.O=CN1CCCC(COc2ccccc2)C1. The van der Waals surface area contributed by atoms with Gasteiger partial charge in [0.05, 0.1) is 6.61 Å². The normalized spacial score (nSPS) is 29.3. The number of ether oxygens (including phenoxy) is 1. The van der Waals surface area contributed by atoms with E-state index in [1.807, 2.05) is 35.2 Å². The maximum absolute atomic E-state index is 12.9. The van der Waals surface area contributed by atoms with Gasteiger partial charge in [0.15, 0.2) is 0 Å². The average molecular weight is 379 g/mol. The molecule has 150 valence electrons. The van der Waals surface area contributed by atoms with E-state index in [-0.39, 0.29) is 12.8 Å². The van der Waals surface area contributed by atoms with E-state index in [9.17, 15) is 13.6 Å². The quantitative estimate of drug-likeness (QED) is 0.677. The molecular formula is C22H31F2NO2. The number of likely N-dealkylation sites (tertiary alicyclic amines) is 1. The molecule has 5 heteroatoms. The van der Waals surface area contributed by atoms with Crippen molar-refractivity contribution < 1.29 is 18.3 Å². The Morgan fingerprint density at radius 3 is 2.44 bits per heavy atom. The predicted octanol–water partition coefficient (Wildman–Crippen LogP) is 5.16. The minimum absolute atomic E-state index is 0.170. The van der Waals surface area contributed by atoms with E-state index >= 15 is 0 Å². The first-order chi connectivity index (χ1) is 13.0. The number of fused-ring (bicyclic) bond motifs is 2. The predicted molar refractivity (Wildman–Crippen MR) is 102 cm³/mol. The van der Waals surface area contributed by atoms with Crippen molar-refractivity contribution in [2.75, 3.05) is 19.7 Å². The molecule has 4 rings (SSSR count). The fraction of sp³-hybridized carbons (Fsp3) is 0.682. The molecule has 27 heavy (non-hydrogen) atoms. The second-order valence-electron chi connectivity index (χ2n) is 8.40. The van der Waals surface area contributed by atoms with Crippen LogP contribution in [0.1, 0.15) is 51.4 Å². The number of para-hydroxylation sites is 1. The van der Waals surface area contributed by atoms with Crippen molar-refractivity contribution in [3.63, 3.8) is 0 Å². The molecule has 1 aromatic rings. The lowest BCUT2D eigenvalue weighted by Gasteiger charge is -2.38. The molecule has 1 saturated heterocycles. The second kappa shape index (κ2) is 9.52. The van der Waals surface area contributed by atoms with Gasteiger partial charge >= 0.3 is 0 Å². The Kier molecular flexibility index (Phi) is 7.08. The molecule has 3 fully saturated rings. The molecule has 2 bridgehead atoms. The third-order valence-electron chi connectivity index (χ3n) is 5.99. The lowest BCUT2D eigenvalue weighted by molar-refractivity contribution is -0.119. The van der Waals surface area contributed by atoms with Gasteiger partial charge in [0.2, 0.25) is 12.3 Å². The van der Waals surface area contributed by atoms with Gasteiger partial charge in [-0.3, -0.25) is 4.79 Å². The molecule has 3 unspecified atom stereocenters. The van der Waals surface area contributed by atoms with Gasteiger partial charge in [0.1, 0.15) is 5.75 Å². The molecule has 1 aliphatic heterocycles. The van der Waals surface area contributed by atoms with Crippen molar-refractivity contribution in [2.24, 2.45) is 17.8 Å². The molecule has 1 aromatic carbocycles. The number of amides is 1. The molecule has 1 amide bonds. The van der Waals surface area contributed by atoms with E-state index in [0.29, 0.717) is 24.4 Å². The van der Waals surface area contributed by atoms with Crippen LogP contribution in [0.2, 0.25) is 0 Å². The third-order valence-corrected chi connectivity index (χ3v) is 5.99. The molecule has 0 spiro atoms. The summed E-state index contributed by atoms with van der Waals surface area (Å²) in [7, 11) is 0. The summed E-state index contributed by atoms with van der Waals surface area (Å²) >= 11 is 0. The molecule has 2 saturated carbocycles. The zero-order chi connectivity index (χ0) is 19.1. The number of piperidine rings is 1. The number of rotatable bonds is 4. The van der Waals surface area contributed by atoms with Gasteiger partial charge in [-0.2, -0.15) is 0 Å². The van der Waals surface area contributed by atoms with Crippen molar-refractivity contribution in [3.05, 3.63) is 30.3 Å². The van der Waals surface area contributed by atoms with E-state index in [2.05, 4.69) is 0 Å². The van der Waals surface area contributed by atoms with E-state index in [1.165, 1.54) is 6.42 Å². The third kappa shape index (κ3) is 6.47. The molecular weight excluding hydrogens is 348 g/mol. The van der Waals surface area contributed by atoms with Crippen LogP contribution in [0.4, 0.5) is 8.78 Å². The van der Waals surface area contributed by atoms with Crippen molar-refractivity contribution in [3.8, 4) is 5.75 Å². The van der Waals surface area contributed by atoms with Crippen molar-refractivity contribution in [1.29, 1.82) is 0 Å². The number of hydrogen-bond acceptors (Lipinski definition) is 2. The maximum Gasteiger partial charge on any atom is 0.248 e. The van der Waals surface area contributed by atoms with Gasteiger partial charge in [0.25, 0.3) is 0 Å². The fourth-order valence-corrected chi connectivity index (χ4v) is 4.76. The summed E-state index contributed by atoms with van der Waals surface area (Å²) in [5.41, 5.74) is 0. The Bertz CT molecular complexity index is 567. The van der Waals surface area contributed by atoms with Gasteiger partial charge in [0, 0.05) is 31.8 Å². The summed E-state index contributed by atoms with van der Waals surface area (Å²) in [6.07, 6.45) is 7.87. The lowest BCUT2D eigenvalue weighted by atomic mass is 9.71. The highest BCUT2D eigenvalue weighted by Gasteiger charge is 2.42. The topological polar surface area (TPSA) is 29.5 Å². The second-order valence-corrected chi connectivity index (χ2v) is 8.40. The van der Waals surface area contributed by atoms with Crippen LogP contribution in [-0.2, 0) is 4.79 Å². The highest BCUT2D eigenvalue weighted by atomic mass is 19.3. The first kappa shape index (κ1) is 20.1. The van der Waals surface area contributed by atoms with Crippen molar-refractivity contribution in [1.82, 2.24) is 4.90 Å². The van der Waals surface area contributed by atoms with Crippen LogP contribution < -0.4 is 4.74 Å². The molecule has 2 aliphatic carbocycles. The summed E-state index contributed by atoms with van der Waals surface area (Å²) in [6.45, 7) is 2.43. The molecule has 3 aliphatic rings. The van der Waals surface area contributed by atoms with Crippen molar-refractivity contribution >= 4 is 6.41 Å². The number of hydrogen-bond donors (Lipinski definition) is 0. The summed E-state index contributed by atoms with van der Waals surface area (Å²) in [5, 5.41) is 0. The van der Waals surface area contributed by atoms with Gasteiger partial charge in [-0.25, -0.2) is 8.78 Å². The number of carbonyl (C=O) groups is 1. The molecule has 1 heterocycles. The minimum atomic E-state index is -2.33. The summed E-state index contributed by atoms with van der Waals surface area (Å²) in [6, 6.07) is 9.82. The van der Waals surface area contributed by atoms with Gasteiger partial charge in [-0.1, -0.05) is 37.5 Å². The van der Waals surface area contributed by atoms with Crippen LogP contribution in [0, 0.1) is 17.8 Å². The number of carbonyl (C=O) groups excluding carboxylic acids is 1. The van der Waals surface area contributed by atoms with Gasteiger partial charge in [-0.15, -0.1) is 0 Å². The van der Waals surface area contributed by atoms with E-state index in [0.717, 1.165) is 57.4 Å². The summed E-state index contributed by atoms with van der Waals surface area (Å²) in [4.78, 5) is 12.5. The molecule has 0 N–H and O–H groups in total. The number of benzene rings is 1. The smallest absolute Gasteiger partial charge is 0.248 e. The van der Waals surface area contributed by atoms with Crippen LogP contribution >= 0.6 is 0 Å². The Labute approximate surface area is 161 Å². The van der Waals surface area contributed by atoms with Crippen LogP contribution in [0.15, 0.2) is 30.3 Å². The largest absolute Gasteiger partial charge is 0.493 e. The molecule has 0 aromatic heterocycles. The zero-order valence-electron chi connectivity index (χ0n) is 16.0. The Morgan fingerprint density at radius 2 is 1.78 bits per heavy atom. The first-order valence-electron chi connectivity index (χ1n) is 10.3. The highest BCUT2D eigenvalue weighted by Crippen LogP contribution is 2.46. The van der Waals surface area contributed by atoms with Gasteiger partial charge < -0.3 is 9.64 Å². The number of nitrogens with zero attached hydrogens (tertiary/aromatic N) is 1. The Balaban J connectivity index is 0.000000166. The lowest BCUT2D eigenvalue weighted by Crippen LogP contribution is -2.36. The van der Waals surface area contributed by atoms with Crippen LogP contribution in [0.25, 0.3) is 0 Å². The fourth-order valence-electron chi connectivity index (χ4n) is 4.76. The standard InChI is InChI=1S/C13H17NO2.C9H14F2/c15-11-14-8-4-5-12(9-14)10-16-13-6-2-1-3-7-13;10-9(11)5-7-2-1-3-8(4-7)6-9/h1-3,6-7,11-12H,4-5,8-10H2;7-8H,1-6H2. The van der Waals surface area contributed by atoms with E-state index in [1.54, 1.807) is 0 Å². The minimum Gasteiger partial charge on any atom is -0.493 e. The average Bonchev–Trinajstić information content (AvgIpc) is 2.67. The zero-order valence-corrected chi connectivity index (χ0v) is 16.0. The molecule has 0 radical (unpaired) electrons. The summed E-state index contributed by atoms with van der Waals surface area (Å²) in [5.74, 6) is -0.256. The molecule has 3 atom stereocenters. The summed E-state index contributed by atoms with van der Waals surface area (Å²) < 4.78 is 31.5. The first-order valence-corrected chi connectivity index (χ1v) is 10.3. The Morgan fingerprint density at radius 1 is 1.07 bits per heavy atom.